The second kappa shape index (κ2) is 5.97. The van der Waals surface area contributed by atoms with Crippen LogP contribution in [-0.2, 0) is 15.9 Å². The standard InChI is InChI=1S/C18H22N2O4/c1-22-12-2-3-15-13(8-12)11(5-7-20-15)4-6-18(21)10-24-16-14(19)9-23-17(16)18/h2-3,5,7-8,14,16-17,21H,4,6,9-10,19H2,1H3/t14-,16+,17-,18+/m0/s1. The maximum absolute atomic E-state index is 11.0. The van der Waals surface area contributed by atoms with Crippen LogP contribution in [0.25, 0.3) is 10.9 Å². The number of pyridine rings is 1. The lowest BCUT2D eigenvalue weighted by Gasteiger charge is -2.27. The van der Waals surface area contributed by atoms with E-state index < -0.39 is 5.60 Å². The van der Waals surface area contributed by atoms with Crippen LogP contribution in [0.4, 0.5) is 0 Å². The molecule has 6 nitrogen and oxygen atoms in total. The van der Waals surface area contributed by atoms with E-state index in [1.165, 1.54) is 0 Å². The van der Waals surface area contributed by atoms with Crippen LogP contribution in [0.15, 0.2) is 30.5 Å². The highest BCUT2D eigenvalue weighted by Crippen LogP contribution is 2.37. The van der Waals surface area contributed by atoms with Crippen molar-refractivity contribution < 1.29 is 19.3 Å². The summed E-state index contributed by atoms with van der Waals surface area (Å²) in [6, 6.07) is 7.66. The number of benzene rings is 1. The van der Waals surface area contributed by atoms with Gasteiger partial charge in [0.05, 0.1) is 31.9 Å². The fourth-order valence-electron chi connectivity index (χ4n) is 3.72. The Kier molecular flexibility index (Phi) is 3.92. The van der Waals surface area contributed by atoms with Crippen LogP contribution in [0.2, 0.25) is 0 Å². The van der Waals surface area contributed by atoms with Crippen LogP contribution in [0.5, 0.6) is 5.75 Å². The summed E-state index contributed by atoms with van der Waals surface area (Å²) in [7, 11) is 1.65. The van der Waals surface area contributed by atoms with Gasteiger partial charge in [-0.15, -0.1) is 0 Å². The molecule has 2 saturated heterocycles. The van der Waals surface area contributed by atoms with E-state index in [1.54, 1.807) is 13.3 Å². The van der Waals surface area contributed by atoms with Gasteiger partial charge in [0, 0.05) is 11.6 Å². The summed E-state index contributed by atoms with van der Waals surface area (Å²) in [4.78, 5) is 4.39. The largest absolute Gasteiger partial charge is 0.497 e. The highest BCUT2D eigenvalue weighted by Gasteiger charge is 2.54. The zero-order valence-corrected chi connectivity index (χ0v) is 13.6. The van der Waals surface area contributed by atoms with Gasteiger partial charge in [-0.2, -0.15) is 0 Å². The van der Waals surface area contributed by atoms with E-state index >= 15 is 0 Å². The minimum absolute atomic E-state index is 0.157. The molecule has 4 atom stereocenters. The monoisotopic (exact) mass is 330 g/mol. The predicted octanol–water partition coefficient (Wildman–Crippen LogP) is 1.03. The van der Waals surface area contributed by atoms with Gasteiger partial charge >= 0.3 is 0 Å². The molecule has 0 spiro atoms. The van der Waals surface area contributed by atoms with Crippen molar-refractivity contribution >= 4 is 10.9 Å². The first-order chi connectivity index (χ1) is 11.6. The number of hydrogen-bond acceptors (Lipinski definition) is 6. The number of ether oxygens (including phenoxy) is 3. The van der Waals surface area contributed by atoms with E-state index in [9.17, 15) is 5.11 Å². The number of aryl methyl sites for hydroxylation is 1. The molecule has 1 aromatic heterocycles. The summed E-state index contributed by atoms with van der Waals surface area (Å²) < 4.78 is 16.7. The molecular formula is C18H22N2O4. The third-order valence-corrected chi connectivity index (χ3v) is 5.11. The molecule has 6 heteroatoms. The van der Waals surface area contributed by atoms with E-state index in [4.69, 9.17) is 19.9 Å². The van der Waals surface area contributed by atoms with Gasteiger partial charge in [0.25, 0.3) is 0 Å². The number of nitrogens with two attached hydrogens (primary N) is 1. The van der Waals surface area contributed by atoms with Gasteiger partial charge < -0.3 is 25.1 Å². The lowest BCUT2D eigenvalue weighted by molar-refractivity contribution is -0.0694. The Morgan fingerprint density at radius 2 is 2.25 bits per heavy atom. The molecule has 3 heterocycles. The average Bonchev–Trinajstić information content (AvgIpc) is 3.14. The molecule has 2 aliphatic heterocycles. The third-order valence-electron chi connectivity index (χ3n) is 5.11. The Labute approximate surface area is 140 Å². The number of hydrogen-bond donors (Lipinski definition) is 2. The summed E-state index contributed by atoms with van der Waals surface area (Å²) in [5.74, 6) is 0.796. The van der Waals surface area contributed by atoms with Gasteiger partial charge in [0.15, 0.2) is 0 Å². The van der Waals surface area contributed by atoms with E-state index in [2.05, 4.69) is 4.98 Å². The predicted molar refractivity (Wildman–Crippen MR) is 89.0 cm³/mol. The van der Waals surface area contributed by atoms with Gasteiger partial charge in [-0.1, -0.05) is 0 Å². The molecule has 24 heavy (non-hydrogen) atoms. The van der Waals surface area contributed by atoms with Crippen molar-refractivity contribution in [2.75, 3.05) is 20.3 Å². The van der Waals surface area contributed by atoms with Crippen molar-refractivity contribution in [3.05, 3.63) is 36.0 Å². The Morgan fingerprint density at radius 3 is 3.08 bits per heavy atom. The third kappa shape index (κ3) is 2.56. The molecule has 0 saturated carbocycles. The van der Waals surface area contributed by atoms with Gasteiger partial charge in [0.1, 0.15) is 23.6 Å². The fourth-order valence-corrected chi connectivity index (χ4v) is 3.72. The summed E-state index contributed by atoms with van der Waals surface area (Å²) in [6.07, 6.45) is 2.51. The topological polar surface area (TPSA) is 86.8 Å². The van der Waals surface area contributed by atoms with Gasteiger partial charge in [-0.05, 0) is 42.7 Å². The van der Waals surface area contributed by atoms with Crippen molar-refractivity contribution in [2.24, 2.45) is 5.73 Å². The first-order valence-electron chi connectivity index (χ1n) is 8.23. The number of fused-ring (bicyclic) bond motifs is 2. The Hall–Kier alpha value is -1.73. The molecule has 128 valence electrons. The highest BCUT2D eigenvalue weighted by atomic mass is 16.6. The molecule has 4 rings (SSSR count). The summed E-state index contributed by atoms with van der Waals surface area (Å²) in [6.45, 7) is 0.704. The van der Waals surface area contributed by atoms with Crippen LogP contribution < -0.4 is 10.5 Å². The molecule has 3 N–H and O–H groups in total. The molecular weight excluding hydrogens is 308 g/mol. The number of aliphatic hydroxyl groups is 1. The van der Waals surface area contributed by atoms with Crippen molar-refractivity contribution in [2.45, 2.75) is 36.7 Å². The zero-order valence-electron chi connectivity index (χ0n) is 13.6. The van der Waals surface area contributed by atoms with E-state index in [0.717, 1.165) is 22.2 Å². The van der Waals surface area contributed by atoms with E-state index in [1.807, 2.05) is 24.3 Å². The minimum atomic E-state index is -0.993. The van der Waals surface area contributed by atoms with E-state index in [-0.39, 0.29) is 24.9 Å². The number of nitrogens with zero attached hydrogens (tertiary/aromatic N) is 1. The zero-order chi connectivity index (χ0) is 16.7. The van der Waals surface area contributed by atoms with Crippen LogP contribution in [-0.4, -0.2) is 54.3 Å². The van der Waals surface area contributed by atoms with Crippen molar-refractivity contribution in [3.63, 3.8) is 0 Å². The van der Waals surface area contributed by atoms with Crippen LogP contribution in [0.3, 0.4) is 0 Å². The van der Waals surface area contributed by atoms with Crippen molar-refractivity contribution in [1.29, 1.82) is 0 Å². The summed E-state index contributed by atoms with van der Waals surface area (Å²) >= 11 is 0. The maximum Gasteiger partial charge on any atom is 0.119 e. The lowest BCUT2D eigenvalue weighted by Crippen LogP contribution is -2.44. The second-order valence-electron chi connectivity index (χ2n) is 6.65. The first kappa shape index (κ1) is 15.8. The van der Waals surface area contributed by atoms with Gasteiger partial charge in [-0.3, -0.25) is 4.98 Å². The van der Waals surface area contributed by atoms with Crippen LogP contribution in [0.1, 0.15) is 12.0 Å². The smallest absolute Gasteiger partial charge is 0.119 e. The molecule has 0 unspecified atom stereocenters. The summed E-state index contributed by atoms with van der Waals surface area (Å²) in [5, 5.41) is 12.0. The Balaban J connectivity index is 1.57. The van der Waals surface area contributed by atoms with E-state index in [0.29, 0.717) is 19.4 Å². The van der Waals surface area contributed by atoms with Crippen molar-refractivity contribution in [3.8, 4) is 5.75 Å². The minimum Gasteiger partial charge on any atom is -0.497 e. The van der Waals surface area contributed by atoms with Gasteiger partial charge in [-0.25, -0.2) is 0 Å². The maximum atomic E-state index is 11.0. The molecule has 2 aliphatic rings. The molecule has 2 aromatic rings. The Bertz CT molecular complexity index is 753. The molecule has 1 aromatic carbocycles. The van der Waals surface area contributed by atoms with Gasteiger partial charge in [0.2, 0.25) is 0 Å². The SMILES string of the molecule is COc1ccc2nccc(CC[C@@]3(O)CO[C@@H]4[C@@H](N)CO[C@@H]43)c2c1. The lowest BCUT2D eigenvalue weighted by atomic mass is 9.88. The average molecular weight is 330 g/mol. The normalized spacial score (nSPS) is 32.2. The summed E-state index contributed by atoms with van der Waals surface area (Å²) in [5.41, 5.74) is 7.02. The first-order valence-corrected chi connectivity index (χ1v) is 8.23. The number of aromatic nitrogens is 1. The quantitative estimate of drug-likeness (QED) is 0.871. The molecule has 2 fully saturated rings. The highest BCUT2D eigenvalue weighted by molar-refractivity contribution is 5.83. The Morgan fingerprint density at radius 1 is 1.38 bits per heavy atom. The molecule has 0 bridgehead atoms. The number of methoxy groups -OCH3 is 1. The number of rotatable bonds is 4. The second-order valence-corrected chi connectivity index (χ2v) is 6.65. The molecule has 0 radical (unpaired) electrons. The molecule has 0 amide bonds. The van der Waals surface area contributed by atoms with Crippen molar-refractivity contribution in [1.82, 2.24) is 4.98 Å². The van der Waals surface area contributed by atoms with Crippen LogP contribution in [0, 0.1) is 0 Å². The van der Waals surface area contributed by atoms with Crippen LogP contribution >= 0.6 is 0 Å². The molecule has 0 aliphatic carbocycles. The fraction of sp³-hybridized carbons (Fsp3) is 0.500.